The third-order valence-corrected chi connectivity index (χ3v) is 3.10. The van der Waals surface area contributed by atoms with Gasteiger partial charge in [-0.25, -0.2) is 0 Å². The second kappa shape index (κ2) is 8.17. The molecule has 1 aliphatic rings. The summed E-state index contributed by atoms with van der Waals surface area (Å²) in [6.07, 6.45) is 19.8. The molecule has 1 nitrogen and oxygen atoms in total. The summed E-state index contributed by atoms with van der Waals surface area (Å²) in [5.74, 6) is 2.48. The quantitative estimate of drug-likeness (QED) is 0.420. The maximum Gasteiger partial charge on any atom is 0.0794 e. The number of ether oxygens (including phenoxy) is 1. The summed E-state index contributed by atoms with van der Waals surface area (Å²) in [6.45, 7) is 2.00. The molecule has 0 aromatic rings. The zero-order chi connectivity index (χ0) is 12.5. The first kappa shape index (κ1) is 14.1. The van der Waals surface area contributed by atoms with Crippen LogP contribution in [0, 0.1) is 12.3 Å². The van der Waals surface area contributed by atoms with Crippen LogP contribution in [0.2, 0.25) is 0 Å². The van der Waals surface area contributed by atoms with Gasteiger partial charge in [0, 0.05) is 0 Å². The van der Waals surface area contributed by atoms with Gasteiger partial charge in [-0.2, -0.15) is 0 Å². The van der Waals surface area contributed by atoms with Crippen molar-refractivity contribution in [3.63, 3.8) is 0 Å². The Morgan fingerprint density at radius 1 is 1.47 bits per heavy atom. The SMILES string of the molecule is C#C/C=C/C[C@H]1O[C@@H](/C=C/C)C/C=C\C[C@H]1Cl. The van der Waals surface area contributed by atoms with Crippen molar-refractivity contribution in [3.8, 4) is 12.3 Å². The van der Waals surface area contributed by atoms with Crippen LogP contribution in [0.1, 0.15) is 26.2 Å². The molecular weight excluding hydrogens is 232 g/mol. The molecule has 1 rings (SSSR count). The molecule has 0 radical (unpaired) electrons. The topological polar surface area (TPSA) is 9.23 Å². The summed E-state index contributed by atoms with van der Waals surface area (Å²) < 4.78 is 6.00. The molecule has 3 atom stereocenters. The molecule has 1 heterocycles. The fourth-order valence-electron chi connectivity index (χ4n) is 1.79. The molecule has 0 fully saturated rings. The number of allylic oxidation sites excluding steroid dienone is 3. The maximum absolute atomic E-state index is 6.32. The number of hydrogen-bond donors (Lipinski definition) is 0. The van der Waals surface area contributed by atoms with E-state index in [1.165, 1.54) is 0 Å². The van der Waals surface area contributed by atoms with E-state index in [-0.39, 0.29) is 17.6 Å². The van der Waals surface area contributed by atoms with Gasteiger partial charge < -0.3 is 4.74 Å². The van der Waals surface area contributed by atoms with Crippen LogP contribution in [-0.2, 0) is 4.74 Å². The molecule has 2 heteroatoms. The van der Waals surface area contributed by atoms with Crippen molar-refractivity contribution in [2.45, 2.75) is 43.8 Å². The van der Waals surface area contributed by atoms with Crippen molar-refractivity contribution in [3.05, 3.63) is 36.5 Å². The van der Waals surface area contributed by atoms with Crippen LogP contribution in [0.25, 0.3) is 0 Å². The fraction of sp³-hybridized carbons (Fsp3) is 0.467. The Kier molecular flexibility index (Phi) is 6.77. The smallest absolute Gasteiger partial charge is 0.0794 e. The van der Waals surface area contributed by atoms with Gasteiger partial charge in [0.1, 0.15) is 0 Å². The van der Waals surface area contributed by atoms with E-state index in [2.05, 4.69) is 24.1 Å². The van der Waals surface area contributed by atoms with Gasteiger partial charge in [0.05, 0.1) is 17.6 Å². The van der Waals surface area contributed by atoms with E-state index in [1.54, 1.807) is 6.08 Å². The van der Waals surface area contributed by atoms with Crippen LogP contribution in [0.3, 0.4) is 0 Å². The van der Waals surface area contributed by atoms with E-state index < -0.39 is 0 Å². The van der Waals surface area contributed by atoms with Crippen molar-refractivity contribution in [2.24, 2.45) is 0 Å². The summed E-state index contributed by atoms with van der Waals surface area (Å²) >= 11 is 6.32. The van der Waals surface area contributed by atoms with E-state index in [0.717, 1.165) is 19.3 Å². The first-order chi connectivity index (χ1) is 8.27. The number of alkyl halides is 1. The average molecular weight is 251 g/mol. The predicted molar refractivity (Wildman–Crippen MR) is 74.1 cm³/mol. The lowest BCUT2D eigenvalue weighted by Gasteiger charge is -2.26. The number of rotatable bonds is 3. The lowest BCUT2D eigenvalue weighted by molar-refractivity contribution is 0.0129. The van der Waals surface area contributed by atoms with Gasteiger partial charge in [0.15, 0.2) is 0 Å². The zero-order valence-corrected chi connectivity index (χ0v) is 10.9. The molecule has 0 aromatic heterocycles. The van der Waals surface area contributed by atoms with Gasteiger partial charge in [-0.1, -0.05) is 36.3 Å². The number of hydrogen-bond acceptors (Lipinski definition) is 1. The van der Waals surface area contributed by atoms with Crippen molar-refractivity contribution < 1.29 is 4.74 Å². The highest BCUT2D eigenvalue weighted by atomic mass is 35.5. The monoisotopic (exact) mass is 250 g/mol. The van der Waals surface area contributed by atoms with Crippen LogP contribution < -0.4 is 0 Å². The second-order valence-corrected chi connectivity index (χ2v) is 4.56. The van der Waals surface area contributed by atoms with Crippen LogP contribution in [0.5, 0.6) is 0 Å². The van der Waals surface area contributed by atoms with E-state index in [4.69, 9.17) is 22.8 Å². The highest BCUT2D eigenvalue weighted by Crippen LogP contribution is 2.22. The van der Waals surface area contributed by atoms with E-state index >= 15 is 0 Å². The highest BCUT2D eigenvalue weighted by molar-refractivity contribution is 6.21. The minimum Gasteiger partial charge on any atom is -0.369 e. The predicted octanol–water partition coefficient (Wildman–Crippen LogP) is 3.85. The first-order valence-corrected chi connectivity index (χ1v) is 6.40. The molecule has 0 aromatic carbocycles. The third kappa shape index (κ3) is 5.26. The summed E-state index contributed by atoms with van der Waals surface area (Å²) in [5, 5.41) is 0.00160. The molecule has 0 aliphatic carbocycles. The van der Waals surface area contributed by atoms with Gasteiger partial charge in [-0.15, -0.1) is 18.0 Å². The van der Waals surface area contributed by atoms with Crippen LogP contribution in [-0.4, -0.2) is 17.6 Å². The molecule has 0 N–H and O–H groups in total. The highest BCUT2D eigenvalue weighted by Gasteiger charge is 2.22. The van der Waals surface area contributed by atoms with E-state index in [9.17, 15) is 0 Å². The minimum absolute atomic E-state index is 0.00160. The Labute approximate surface area is 109 Å². The first-order valence-electron chi connectivity index (χ1n) is 5.96. The second-order valence-electron chi connectivity index (χ2n) is 4.00. The van der Waals surface area contributed by atoms with Crippen LogP contribution >= 0.6 is 11.6 Å². The Bertz CT molecular complexity index is 335. The van der Waals surface area contributed by atoms with Gasteiger partial charge in [0.2, 0.25) is 0 Å². The Morgan fingerprint density at radius 2 is 2.24 bits per heavy atom. The van der Waals surface area contributed by atoms with Gasteiger partial charge in [-0.05, 0) is 32.3 Å². The molecule has 0 bridgehead atoms. The van der Waals surface area contributed by atoms with Crippen LogP contribution in [0.4, 0.5) is 0 Å². The summed E-state index contributed by atoms with van der Waals surface area (Å²) in [7, 11) is 0. The summed E-state index contributed by atoms with van der Waals surface area (Å²) in [6, 6.07) is 0. The van der Waals surface area contributed by atoms with E-state index in [0.29, 0.717) is 0 Å². The normalized spacial score (nSPS) is 32.2. The molecule has 0 unspecified atom stereocenters. The van der Waals surface area contributed by atoms with Crippen molar-refractivity contribution in [1.82, 2.24) is 0 Å². The number of halogens is 1. The van der Waals surface area contributed by atoms with Crippen LogP contribution in [0.15, 0.2) is 36.5 Å². The van der Waals surface area contributed by atoms with Crippen molar-refractivity contribution >= 4 is 11.6 Å². The standard InChI is InChI=1S/C15H19ClO/c1-3-5-6-12-15-14(16)11-8-7-10-13(17-15)9-4-2/h1,4-9,13-15H,10-12H2,2H3/b6-5+,8-7-,9-4+/t13-,14+,15+/m0/s1. The lowest BCUT2D eigenvalue weighted by atomic mass is 10.1. The zero-order valence-electron chi connectivity index (χ0n) is 10.2. The Balaban J connectivity index is 2.66. The molecule has 1 aliphatic heterocycles. The molecule has 0 saturated carbocycles. The molecular formula is C15H19ClO. The lowest BCUT2D eigenvalue weighted by Crippen LogP contribution is -2.29. The Morgan fingerprint density at radius 3 is 2.94 bits per heavy atom. The molecule has 0 amide bonds. The summed E-state index contributed by atoms with van der Waals surface area (Å²) in [4.78, 5) is 0. The average Bonchev–Trinajstić information content (AvgIpc) is 2.31. The third-order valence-electron chi connectivity index (χ3n) is 2.64. The maximum atomic E-state index is 6.32. The largest absolute Gasteiger partial charge is 0.369 e. The number of terminal acetylenes is 1. The van der Waals surface area contributed by atoms with E-state index in [1.807, 2.05) is 19.1 Å². The Hall–Kier alpha value is -0.970. The van der Waals surface area contributed by atoms with Crippen molar-refractivity contribution in [1.29, 1.82) is 0 Å². The molecule has 0 spiro atoms. The molecule has 92 valence electrons. The fourth-order valence-corrected chi connectivity index (χ4v) is 2.05. The summed E-state index contributed by atoms with van der Waals surface area (Å²) in [5.41, 5.74) is 0. The molecule has 0 saturated heterocycles. The van der Waals surface area contributed by atoms with Crippen molar-refractivity contribution in [2.75, 3.05) is 0 Å². The minimum atomic E-state index is 0.00160. The van der Waals surface area contributed by atoms with Gasteiger partial charge >= 0.3 is 0 Å². The molecule has 17 heavy (non-hydrogen) atoms. The van der Waals surface area contributed by atoms with Gasteiger partial charge in [-0.3, -0.25) is 0 Å². The van der Waals surface area contributed by atoms with Gasteiger partial charge in [0.25, 0.3) is 0 Å².